The average Bonchev–Trinajstić information content (AvgIpc) is 3.26. The van der Waals surface area contributed by atoms with Crippen LogP contribution in [0.3, 0.4) is 0 Å². The minimum absolute atomic E-state index is 0.0107. The molecule has 2 atom stereocenters. The second-order valence-electron chi connectivity index (χ2n) is 6.42. The maximum atomic E-state index is 9.82. The van der Waals surface area contributed by atoms with E-state index in [4.69, 9.17) is 9.72 Å². The smallest absolute Gasteiger partial charge is 0.134 e. The summed E-state index contributed by atoms with van der Waals surface area (Å²) in [4.78, 5) is 6.97. The van der Waals surface area contributed by atoms with Crippen molar-refractivity contribution < 1.29 is 9.84 Å². The molecule has 0 aliphatic carbocycles. The van der Waals surface area contributed by atoms with E-state index < -0.39 is 0 Å². The Morgan fingerprint density at radius 2 is 2.12 bits per heavy atom. The van der Waals surface area contributed by atoms with Crippen LogP contribution in [-0.2, 0) is 18.4 Å². The number of aliphatic hydroxyl groups excluding tert-OH is 1. The van der Waals surface area contributed by atoms with E-state index in [9.17, 15) is 5.11 Å². The lowest BCUT2D eigenvalue weighted by atomic mass is 10.0. The van der Waals surface area contributed by atoms with Gasteiger partial charge in [0.1, 0.15) is 5.82 Å². The summed E-state index contributed by atoms with van der Waals surface area (Å²) in [5, 5.41) is 19.1. The molecular weight excluding hydrogens is 318 g/mol. The number of hydrogen-bond acceptors (Lipinski definition) is 6. The first-order valence-electron chi connectivity index (χ1n) is 8.33. The molecule has 2 aromatic heterocycles. The molecule has 25 heavy (non-hydrogen) atoms. The predicted octanol–water partition coefficient (Wildman–Crippen LogP) is 1.47. The SMILES string of the molecule is CO[C@@H]1CN(c2nc3ccccc3cc2CO)C[C@H]1c1cn(C)nn1. The van der Waals surface area contributed by atoms with Gasteiger partial charge in [-0.3, -0.25) is 4.68 Å². The molecule has 0 bridgehead atoms. The second-order valence-corrected chi connectivity index (χ2v) is 6.42. The lowest BCUT2D eigenvalue weighted by Gasteiger charge is -2.20. The van der Waals surface area contributed by atoms with Gasteiger partial charge in [-0.2, -0.15) is 0 Å². The normalized spacial score (nSPS) is 20.5. The van der Waals surface area contributed by atoms with Crippen LogP contribution in [0.1, 0.15) is 17.2 Å². The first-order valence-corrected chi connectivity index (χ1v) is 8.33. The fraction of sp³-hybridized carbons (Fsp3) is 0.389. The topological polar surface area (TPSA) is 76.3 Å². The third kappa shape index (κ3) is 2.85. The molecule has 0 spiro atoms. The van der Waals surface area contributed by atoms with E-state index in [1.54, 1.807) is 11.8 Å². The molecule has 0 unspecified atom stereocenters. The number of benzene rings is 1. The van der Waals surface area contributed by atoms with E-state index in [-0.39, 0.29) is 18.6 Å². The number of aliphatic hydroxyl groups is 1. The Morgan fingerprint density at radius 1 is 1.28 bits per heavy atom. The van der Waals surface area contributed by atoms with Crippen LogP contribution >= 0.6 is 0 Å². The van der Waals surface area contributed by atoms with Crippen LogP contribution in [0.2, 0.25) is 0 Å². The Kier molecular flexibility index (Phi) is 4.10. The zero-order valence-corrected chi connectivity index (χ0v) is 14.3. The van der Waals surface area contributed by atoms with Crippen LogP contribution in [0.4, 0.5) is 5.82 Å². The summed E-state index contributed by atoms with van der Waals surface area (Å²) in [6.07, 6.45) is 1.94. The van der Waals surface area contributed by atoms with E-state index in [0.29, 0.717) is 6.54 Å². The third-order valence-corrected chi connectivity index (χ3v) is 4.82. The molecule has 1 fully saturated rings. The van der Waals surface area contributed by atoms with Gasteiger partial charge in [0.05, 0.1) is 29.8 Å². The fourth-order valence-corrected chi connectivity index (χ4v) is 3.54. The quantitative estimate of drug-likeness (QED) is 0.776. The van der Waals surface area contributed by atoms with Gasteiger partial charge >= 0.3 is 0 Å². The summed E-state index contributed by atoms with van der Waals surface area (Å²) < 4.78 is 7.40. The molecule has 4 rings (SSSR count). The monoisotopic (exact) mass is 339 g/mol. The van der Waals surface area contributed by atoms with E-state index in [0.717, 1.165) is 34.5 Å². The molecule has 130 valence electrons. The average molecular weight is 339 g/mol. The fourth-order valence-electron chi connectivity index (χ4n) is 3.54. The van der Waals surface area contributed by atoms with Crippen LogP contribution in [-0.4, -0.2) is 51.4 Å². The molecular formula is C18H21N5O2. The number of aromatic nitrogens is 4. The van der Waals surface area contributed by atoms with E-state index in [1.807, 2.05) is 43.6 Å². The predicted molar refractivity (Wildman–Crippen MR) is 94.4 cm³/mol. The first-order chi connectivity index (χ1) is 12.2. The number of ether oxygens (including phenoxy) is 1. The molecule has 7 heteroatoms. The summed E-state index contributed by atoms with van der Waals surface area (Å²) in [6.45, 7) is 1.39. The van der Waals surface area contributed by atoms with Crippen molar-refractivity contribution in [3.63, 3.8) is 0 Å². The maximum Gasteiger partial charge on any atom is 0.134 e. The number of fused-ring (bicyclic) bond motifs is 1. The molecule has 0 amide bonds. The maximum absolute atomic E-state index is 9.82. The highest BCUT2D eigenvalue weighted by Gasteiger charge is 2.37. The van der Waals surface area contributed by atoms with Gasteiger partial charge in [0.2, 0.25) is 0 Å². The zero-order chi connectivity index (χ0) is 17.4. The van der Waals surface area contributed by atoms with Gasteiger partial charge in [-0.25, -0.2) is 4.98 Å². The first kappa shape index (κ1) is 16.0. The number of hydrogen-bond donors (Lipinski definition) is 1. The van der Waals surface area contributed by atoms with Crippen LogP contribution in [0, 0.1) is 0 Å². The van der Waals surface area contributed by atoms with Crippen molar-refractivity contribution in [3.8, 4) is 0 Å². The largest absolute Gasteiger partial charge is 0.392 e. The van der Waals surface area contributed by atoms with Gasteiger partial charge < -0.3 is 14.7 Å². The Morgan fingerprint density at radius 3 is 2.84 bits per heavy atom. The van der Waals surface area contributed by atoms with Gasteiger partial charge in [-0.05, 0) is 12.1 Å². The van der Waals surface area contributed by atoms with E-state index in [1.165, 1.54) is 0 Å². The van der Waals surface area contributed by atoms with E-state index >= 15 is 0 Å². The molecule has 1 aromatic carbocycles. The van der Waals surface area contributed by atoms with Crippen molar-refractivity contribution in [2.24, 2.45) is 7.05 Å². The summed E-state index contributed by atoms with van der Waals surface area (Å²) in [7, 11) is 3.58. The lowest BCUT2D eigenvalue weighted by Crippen LogP contribution is -2.24. The molecule has 0 saturated carbocycles. The van der Waals surface area contributed by atoms with Crippen LogP contribution < -0.4 is 4.90 Å². The van der Waals surface area contributed by atoms with Gasteiger partial charge in [0.15, 0.2) is 0 Å². The number of pyridine rings is 1. The molecule has 3 aromatic rings. The standard InChI is InChI=1S/C18H21N5O2/c1-22-9-16(20-21-22)14-8-23(10-17(14)25-2)18-13(11-24)7-12-5-3-4-6-15(12)19-18/h3-7,9,14,17,24H,8,10-11H2,1-2H3/t14-,17+/m0/s1. The molecule has 1 aliphatic heterocycles. The van der Waals surface area contributed by atoms with Crippen molar-refractivity contribution in [1.82, 2.24) is 20.0 Å². The van der Waals surface area contributed by atoms with Gasteiger partial charge in [-0.15, -0.1) is 5.10 Å². The van der Waals surface area contributed by atoms with Gasteiger partial charge in [-0.1, -0.05) is 23.4 Å². The third-order valence-electron chi connectivity index (χ3n) is 4.82. The Balaban J connectivity index is 1.71. The second kappa shape index (κ2) is 6.42. The summed E-state index contributed by atoms with van der Waals surface area (Å²) in [6, 6.07) is 9.96. The Hall–Kier alpha value is -2.51. The molecule has 7 nitrogen and oxygen atoms in total. The summed E-state index contributed by atoms with van der Waals surface area (Å²) >= 11 is 0. The minimum Gasteiger partial charge on any atom is -0.392 e. The van der Waals surface area contributed by atoms with Crippen LogP contribution in [0.15, 0.2) is 36.5 Å². The van der Waals surface area contributed by atoms with Crippen molar-refractivity contribution in [3.05, 3.63) is 47.8 Å². The Bertz CT molecular complexity index is 894. The molecule has 0 radical (unpaired) electrons. The number of anilines is 1. The number of rotatable bonds is 4. The Labute approximate surface area is 145 Å². The summed E-state index contributed by atoms with van der Waals surface area (Å²) in [5.74, 6) is 0.938. The number of methoxy groups -OCH3 is 1. The minimum atomic E-state index is -0.0445. The zero-order valence-electron chi connectivity index (χ0n) is 14.3. The number of para-hydroxylation sites is 1. The molecule has 1 saturated heterocycles. The van der Waals surface area contributed by atoms with E-state index in [2.05, 4.69) is 15.2 Å². The highest BCUT2D eigenvalue weighted by molar-refractivity contribution is 5.81. The van der Waals surface area contributed by atoms with Crippen molar-refractivity contribution in [2.45, 2.75) is 18.6 Å². The van der Waals surface area contributed by atoms with Crippen LogP contribution in [0.5, 0.6) is 0 Å². The highest BCUT2D eigenvalue weighted by atomic mass is 16.5. The molecule has 1 aliphatic rings. The van der Waals surface area contributed by atoms with Gasteiger partial charge in [0, 0.05) is 44.4 Å². The van der Waals surface area contributed by atoms with Gasteiger partial charge in [0.25, 0.3) is 0 Å². The lowest BCUT2D eigenvalue weighted by molar-refractivity contribution is 0.105. The summed E-state index contributed by atoms with van der Waals surface area (Å²) in [5.41, 5.74) is 2.67. The highest BCUT2D eigenvalue weighted by Crippen LogP contribution is 2.33. The number of nitrogens with zero attached hydrogens (tertiary/aromatic N) is 5. The number of aryl methyl sites for hydroxylation is 1. The van der Waals surface area contributed by atoms with Crippen molar-refractivity contribution >= 4 is 16.7 Å². The van der Waals surface area contributed by atoms with Crippen molar-refractivity contribution in [2.75, 3.05) is 25.1 Å². The molecule has 1 N–H and O–H groups in total. The molecule has 3 heterocycles. The van der Waals surface area contributed by atoms with Crippen molar-refractivity contribution in [1.29, 1.82) is 0 Å². The van der Waals surface area contributed by atoms with Crippen LogP contribution in [0.25, 0.3) is 10.9 Å².